The lowest BCUT2D eigenvalue weighted by atomic mass is 10.1. The maximum Gasteiger partial charge on any atom is 0.172 e. The minimum Gasteiger partial charge on any atom is -0.349 e. The molecule has 0 aromatic rings. The summed E-state index contributed by atoms with van der Waals surface area (Å²) in [4.78, 5) is 2.47. The average molecular weight is 173 g/mol. The van der Waals surface area contributed by atoms with Crippen molar-refractivity contribution in [1.29, 1.82) is 0 Å². The van der Waals surface area contributed by atoms with Crippen LogP contribution in [0.5, 0.6) is 0 Å². The molecule has 0 unspecified atom stereocenters. The van der Waals surface area contributed by atoms with Crippen LogP contribution in [0, 0.1) is 5.92 Å². The van der Waals surface area contributed by atoms with Crippen molar-refractivity contribution in [2.75, 3.05) is 25.4 Å². The van der Waals surface area contributed by atoms with Gasteiger partial charge in [0.15, 0.2) is 5.06 Å². The highest BCUT2D eigenvalue weighted by molar-refractivity contribution is 8.00. The van der Waals surface area contributed by atoms with Gasteiger partial charge in [-0.25, -0.2) is 0 Å². The van der Waals surface area contributed by atoms with Crippen molar-refractivity contribution in [3.63, 3.8) is 0 Å². The summed E-state index contributed by atoms with van der Waals surface area (Å²) in [5.41, 5.74) is 0. The smallest absolute Gasteiger partial charge is 0.172 e. The second-order valence-corrected chi connectivity index (χ2v) is 4.75. The van der Waals surface area contributed by atoms with Gasteiger partial charge in [-0.15, -0.1) is 11.8 Å². The molecule has 0 saturated carbocycles. The molecule has 1 atom stereocenters. The Morgan fingerprint density at radius 1 is 1.45 bits per heavy atom. The van der Waals surface area contributed by atoms with Crippen molar-refractivity contribution in [1.82, 2.24) is 4.90 Å². The fourth-order valence-electron chi connectivity index (χ4n) is 1.95. The van der Waals surface area contributed by atoms with Crippen molar-refractivity contribution in [2.24, 2.45) is 5.92 Å². The van der Waals surface area contributed by atoms with E-state index in [1.807, 2.05) is 11.8 Å². The van der Waals surface area contributed by atoms with Crippen LogP contribution in [-0.4, -0.2) is 35.4 Å². The highest BCUT2D eigenvalue weighted by Crippen LogP contribution is 2.45. The highest BCUT2D eigenvalue weighted by atomic mass is 32.2. The predicted molar refractivity (Wildman–Crippen MR) is 47.6 cm³/mol. The Morgan fingerprint density at radius 2 is 2.27 bits per heavy atom. The first-order chi connectivity index (χ1) is 5.26. The fraction of sp³-hybridized carbons (Fsp3) is 1.00. The Kier molecular flexibility index (Phi) is 1.90. The second-order valence-electron chi connectivity index (χ2n) is 3.47. The molecule has 2 fully saturated rings. The summed E-state index contributed by atoms with van der Waals surface area (Å²) in [6.45, 7) is 7.76. The van der Waals surface area contributed by atoms with Gasteiger partial charge in [0, 0.05) is 24.8 Å². The van der Waals surface area contributed by atoms with E-state index in [0.29, 0.717) is 5.92 Å². The number of hydrogen-bond donors (Lipinski definition) is 0. The molecule has 2 heterocycles. The summed E-state index contributed by atoms with van der Waals surface area (Å²) < 4.78 is 5.81. The van der Waals surface area contributed by atoms with Gasteiger partial charge in [-0.3, -0.25) is 4.90 Å². The van der Waals surface area contributed by atoms with Crippen LogP contribution in [0.15, 0.2) is 0 Å². The molecule has 2 rings (SSSR count). The van der Waals surface area contributed by atoms with E-state index in [0.717, 1.165) is 13.2 Å². The SMILES string of the molecule is CC(C)[C@@]12OCCN1CCS2. The first kappa shape index (κ1) is 7.90. The van der Waals surface area contributed by atoms with Crippen LogP contribution in [-0.2, 0) is 4.74 Å². The van der Waals surface area contributed by atoms with E-state index >= 15 is 0 Å². The molecule has 64 valence electrons. The molecular formula is C8H15NOS. The molecule has 0 N–H and O–H groups in total. The number of nitrogens with zero attached hydrogens (tertiary/aromatic N) is 1. The number of thioether (sulfide) groups is 1. The average Bonchev–Trinajstić information content (AvgIpc) is 2.40. The molecule has 0 radical (unpaired) electrons. The molecule has 0 aromatic heterocycles. The Labute approximate surface area is 72.3 Å². The zero-order valence-corrected chi connectivity index (χ0v) is 7.99. The summed E-state index contributed by atoms with van der Waals surface area (Å²) in [5, 5.41) is 0.0556. The van der Waals surface area contributed by atoms with E-state index in [9.17, 15) is 0 Å². The maximum atomic E-state index is 5.81. The quantitative estimate of drug-likeness (QED) is 0.594. The zero-order valence-electron chi connectivity index (χ0n) is 7.17. The topological polar surface area (TPSA) is 12.5 Å². The summed E-state index contributed by atoms with van der Waals surface area (Å²) >= 11 is 1.97. The third kappa shape index (κ3) is 1.02. The largest absolute Gasteiger partial charge is 0.349 e. The Morgan fingerprint density at radius 3 is 2.91 bits per heavy atom. The molecule has 2 nitrogen and oxygen atoms in total. The number of fused-ring (bicyclic) bond motifs is 1. The van der Waals surface area contributed by atoms with Crippen LogP contribution in [0.25, 0.3) is 0 Å². The predicted octanol–water partition coefficient (Wildman–Crippen LogP) is 1.38. The van der Waals surface area contributed by atoms with Gasteiger partial charge >= 0.3 is 0 Å². The Bertz CT molecular complexity index is 150. The van der Waals surface area contributed by atoms with E-state index in [-0.39, 0.29) is 5.06 Å². The summed E-state index contributed by atoms with van der Waals surface area (Å²) in [6, 6.07) is 0. The molecule has 0 aromatic carbocycles. The zero-order chi connectivity index (χ0) is 7.90. The maximum absolute atomic E-state index is 5.81. The lowest BCUT2D eigenvalue weighted by Crippen LogP contribution is -2.41. The van der Waals surface area contributed by atoms with Gasteiger partial charge in [0.25, 0.3) is 0 Å². The molecule has 2 saturated heterocycles. The van der Waals surface area contributed by atoms with Crippen LogP contribution in [0.2, 0.25) is 0 Å². The van der Waals surface area contributed by atoms with E-state index < -0.39 is 0 Å². The molecule has 0 aliphatic carbocycles. The first-order valence-corrected chi connectivity index (χ1v) is 5.27. The summed E-state index contributed by atoms with van der Waals surface area (Å²) in [6.07, 6.45) is 0. The molecule has 2 aliphatic rings. The van der Waals surface area contributed by atoms with E-state index in [4.69, 9.17) is 4.74 Å². The van der Waals surface area contributed by atoms with Gasteiger partial charge < -0.3 is 4.74 Å². The molecule has 3 heteroatoms. The van der Waals surface area contributed by atoms with E-state index in [2.05, 4.69) is 18.7 Å². The van der Waals surface area contributed by atoms with Gasteiger partial charge in [-0.2, -0.15) is 0 Å². The standard InChI is InChI=1S/C8H15NOS/c1-7(2)8-9(3-5-10-8)4-6-11-8/h7H,3-6H2,1-2H3/t8-/m0/s1. The van der Waals surface area contributed by atoms with Crippen LogP contribution >= 0.6 is 11.8 Å². The number of ether oxygens (including phenoxy) is 1. The third-order valence-corrected chi connectivity index (χ3v) is 4.16. The van der Waals surface area contributed by atoms with Crippen molar-refractivity contribution in [3.8, 4) is 0 Å². The minimum atomic E-state index is 0.0556. The van der Waals surface area contributed by atoms with Crippen molar-refractivity contribution in [2.45, 2.75) is 18.9 Å². The van der Waals surface area contributed by atoms with Crippen molar-refractivity contribution < 1.29 is 4.74 Å². The minimum absolute atomic E-state index is 0.0556. The van der Waals surface area contributed by atoms with Gasteiger partial charge in [0.05, 0.1) is 6.61 Å². The van der Waals surface area contributed by atoms with Gasteiger partial charge in [0.2, 0.25) is 0 Å². The van der Waals surface area contributed by atoms with Crippen LogP contribution in [0.3, 0.4) is 0 Å². The lowest BCUT2D eigenvalue weighted by Gasteiger charge is -2.33. The molecule has 11 heavy (non-hydrogen) atoms. The number of hydrogen-bond acceptors (Lipinski definition) is 3. The van der Waals surface area contributed by atoms with E-state index in [1.165, 1.54) is 12.3 Å². The van der Waals surface area contributed by atoms with Gasteiger partial charge in [-0.05, 0) is 0 Å². The Balaban J connectivity index is 2.20. The van der Waals surface area contributed by atoms with Gasteiger partial charge in [-0.1, -0.05) is 13.8 Å². The first-order valence-electron chi connectivity index (χ1n) is 4.29. The molecule has 2 aliphatic heterocycles. The van der Waals surface area contributed by atoms with Crippen LogP contribution < -0.4 is 0 Å². The summed E-state index contributed by atoms with van der Waals surface area (Å²) in [5.74, 6) is 1.84. The monoisotopic (exact) mass is 173 g/mol. The molecule has 0 bridgehead atoms. The van der Waals surface area contributed by atoms with Gasteiger partial charge in [0.1, 0.15) is 0 Å². The van der Waals surface area contributed by atoms with Crippen LogP contribution in [0.1, 0.15) is 13.8 Å². The van der Waals surface area contributed by atoms with E-state index in [1.54, 1.807) is 0 Å². The normalized spacial score (nSPS) is 38.5. The molecule has 0 amide bonds. The number of rotatable bonds is 1. The lowest BCUT2D eigenvalue weighted by molar-refractivity contribution is -0.0249. The molecular weight excluding hydrogens is 158 g/mol. The third-order valence-electron chi connectivity index (χ3n) is 2.51. The Hall–Kier alpha value is 0.270. The highest BCUT2D eigenvalue weighted by Gasteiger charge is 2.48. The fourth-order valence-corrected chi connectivity index (χ4v) is 3.42. The molecule has 0 spiro atoms. The van der Waals surface area contributed by atoms with Crippen molar-refractivity contribution >= 4 is 11.8 Å². The van der Waals surface area contributed by atoms with Crippen molar-refractivity contribution in [3.05, 3.63) is 0 Å². The second kappa shape index (κ2) is 2.64. The van der Waals surface area contributed by atoms with Crippen LogP contribution in [0.4, 0.5) is 0 Å². The summed E-state index contributed by atoms with van der Waals surface area (Å²) in [7, 11) is 0.